The van der Waals surface area contributed by atoms with Crippen LogP contribution in [-0.4, -0.2) is 77.5 Å². The Morgan fingerprint density at radius 1 is 1.36 bits per heavy atom. The zero-order valence-corrected chi connectivity index (χ0v) is 16.4. The van der Waals surface area contributed by atoms with E-state index in [0.717, 1.165) is 39.4 Å². The van der Waals surface area contributed by atoms with Gasteiger partial charge in [0.05, 0.1) is 18.2 Å². The van der Waals surface area contributed by atoms with Crippen molar-refractivity contribution in [1.29, 1.82) is 0 Å². The van der Waals surface area contributed by atoms with Gasteiger partial charge in [-0.1, -0.05) is 28.0 Å². The average Bonchev–Trinajstić information content (AvgIpc) is 3.16. The van der Waals surface area contributed by atoms with Crippen molar-refractivity contribution in [3.63, 3.8) is 0 Å². The first-order valence-corrected chi connectivity index (χ1v) is 9.40. The summed E-state index contributed by atoms with van der Waals surface area (Å²) in [5, 5.41) is 20.6. The van der Waals surface area contributed by atoms with Crippen LogP contribution in [0.25, 0.3) is 0 Å². The minimum atomic E-state index is -0.501. The van der Waals surface area contributed by atoms with Crippen LogP contribution < -0.4 is 0 Å². The van der Waals surface area contributed by atoms with Gasteiger partial charge < -0.3 is 9.94 Å². The number of hydrogen-bond donors (Lipinski definition) is 1. The number of oxime groups is 1. The monoisotopic (exact) mass is 411 g/mol. The lowest BCUT2D eigenvalue weighted by atomic mass is 10.0. The van der Waals surface area contributed by atoms with E-state index in [1.165, 1.54) is 12.1 Å². The molecule has 0 radical (unpaired) electrons. The lowest BCUT2D eigenvalue weighted by molar-refractivity contribution is 0.0341. The summed E-state index contributed by atoms with van der Waals surface area (Å²) in [5.74, 6) is -0.501. The van der Waals surface area contributed by atoms with Crippen molar-refractivity contribution >= 4 is 17.3 Å². The molecule has 0 aliphatic carbocycles. The van der Waals surface area contributed by atoms with Crippen LogP contribution in [-0.2, 0) is 17.7 Å². The van der Waals surface area contributed by atoms with Crippen molar-refractivity contribution in [3.05, 3.63) is 46.0 Å². The van der Waals surface area contributed by atoms with Crippen LogP contribution in [0.3, 0.4) is 0 Å². The summed E-state index contributed by atoms with van der Waals surface area (Å²) >= 11 is 5.82. The minimum absolute atomic E-state index is 0.0103. The Hall–Kier alpha value is -2.07. The van der Waals surface area contributed by atoms with E-state index in [9.17, 15) is 9.60 Å². The topological polar surface area (TPSA) is 87.2 Å². The SMILES string of the molecule is CN(CCN1CCOCC1)Cc1nonc1C(Cc1ccc(F)c(Cl)c1)=NO. The Balaban J connectivity index is 1.61. The molecule has 1 N–H and O–H groups in total. The van der Waals surface area contributed by atoms with Gasteiger partial charge in [-0.2, -0.15) is 0 Å². The highest BCUT2D eigenvalue weighted by molar-refractivity contribution is 6.30. The molecule has 0 atom stereocenters. The maximum atomic E-state index is 13.3. The van der Waals surface area contributed by atoms with Gasteiger partial charge in [0.2, 0.25) is 0 Å². The smallest absolute Gasteiger partial charge is 0.157 e. The maximum Gasteiger partial charge on any atom is 0.157 e. The molecule has 0 unspecified atom stereocenters. The van der Waals surface area contributed by atoms with Crippen molar-refractivity contribution < 1.29 is 19.0 Å². The molecular weight excluding hydrogens is 389 g/mol. The Labute approximate surface area is 167 Å². The lowest BCUT2D eigenvalue weighted by Gasteiger charge is -2.28. The minimum Gasteiger partial charge on any atom is -0.411 e. The maximum absolute atomic E-state index is 13.3. The van der Waals surface area contributed by atoms with Crippen LogP contribution in [0.4, 0.5) is 4.39 Å². The second-order valence-electron chi connectivity index (χ2n) is 6.72. The van der Waals surface area contributed by atoms with Gasteiger partial charge in [0, 0.05) is 39.1 Å². The molecule has 0 bridgehead atoms. The molecule has 1 aromatic carbocycles. The molecule has 0 saturated carbocycles. The summed E-state index contributed by atoms with van der Waals surface area (Å²) in [6, 6.07) is 4.34. The first-order chi connectivity index (χ1) is 13.6. The summed E-state index contributed by atoms with van der Waals surface area (Å²) in [5.41, 5.74) is 1.92. The molecule has 0 spiro atoms. The van der Waals surface area contributed by atoms with E-state index < -0.39 is 5.82 Å². The highest BCUT2D eigenvalue weighted by atomic mass is 35.5. The number of rotatable bonds is 8. The Kier molecular flexibility index (Phi) is 7.32. The first kappa shape index (κ1) is 20.7. The van der Waals surface area contributed by atoms with Crippen LogP contribution in [0.1, 0.15) is 17.0 Å². The fourth-order valence-corrected chi connectivity index (χ4v) is 3.21. The fourth-order valence-electron chi connectivity index (χ4n) is 3.01. The zero-order chi connectivity index (χ0) is 19.9. The number of aromatic nitrogens is 2. The van der Waals surface area contributed by atoms with E-state index in [1.807, 2.05) is 7.05 Å². The lowest BCUT2D eigenvalue weighted by Crippen LogP contribution is -2.40. The number of nitrogens with zero attached hydrogens (tertiary/aromatic N) is 5. The van der Waals surface area contributed by atoms with E-state index >= 15 is 0 Å². The third-order valence-corrected chi connectivity index (χ3v) is 4.92. The molecular formula is C18H23ClFN5O3. The molecule has 28 heavy (non-hydrogen) atoms. The van der Waals surface area contributed by atoms with E-state index in [1.54, 1.807) is 6.07 Å². The molecule has 10 heteroatoms. The van der Waals surface area contributed by atoms with Gasteiger partial charge in [-0.15, -0.1) is 0 Å². The first-order valence-electron chi connectivity index (χ1n) is 9.02. The molecule has 152 valence electrons. The standard InChI is InChI=1S/C18H23ClFN5O3/c1-24(4-5-25-6-8-27-9-7-25)12-17-18(23-28-22-17)16(21-26)11-13-2-3-15(20)14(19)10-13/h2-3,10,26H,4-9,11-12H2,1H3. The summed E-state index contributed by atoms with van der Waals surface area (Å²) in [7, 11) is 1.98. The third-order valence-electron chi connectivity index (χ3n) is 4.63. The van der Waals surface area contributed by atoms with Crippen molar-refractivity contribution in [1.82, 2.24) is 20.1 Å². The van der Waals surface area contributed by atoms with Gasteiger partial charge in [0.15, 0.2) is 5.69 Å². The largest absolute Gasteiger partial charge is 0.411 e. The van der Waals surface area contributed by atoms with Crippen LogP contribution in [0.2, 0.25) is 5.02 Å². The molecule has 1 saturated heterocycles. The van der Waals surface area contributed by atoms with Crippen LogP contribution >= 0.6 is 11.6 Å². The second kappa shape index (κ2) is 9.92. The summed E-state index contributed by atoms with van der Waals surface area (Å²) < 4.78 is 23.6. The van der Waals surface area contributed by atoms with Crippen molar-refractivity contribution in [3.8, 4) is 0 Å². The molecule has 1 aliphatic rings. The van der Waals surface area contributed by atoms with E-state index in [-0.39, 0.29) is 17.2 Å². The van der Waals surface area contributed by atoms with Gasteiger partial charge in [0.25, 0.3) is 0 Å². The van der Waals surface area contributed by atoms with Gasteiger partial charge in [-0.25, -0.2) is 9.02 Å². The van der Waals surface area contributed by atoms with Gasteiger partial charge in [0.1, 0.15) is 17.2 Å². The Morgan fingerprint density at radius 2 is 2.14 bits per heavy atom. The number of hydrogen-bond acceptors (Lipinski definition) is 8. The summed E-state index contributed by atoms with van der Waals surface area (Å²) in [4.78, 5) is 4.45. The Morgan fingerprint density at radius 3 is 2.86 bits per heavy atom. The number of morpholine rings is 1. The molecule has 3 rings (SSSR count). The van der Waals surface area contributed by atoms with Gasteiger partial charge in [-0.05, 0) is 29.9 Å². The quantitative estimate of drug-likeness (QED) is 0.404. The van der Waals surface area contributed by atoms with E-state index in [2.05, 4.69) is 25.3 Å². The Bertz CT molecular complexity index is 810. The molecule has 2 heterocycles. The van der Waals surface area contributed by atoms with Crippen molar-refractivity contribution in [2.75, 3.05) is 46.4 Å². The van der Waals surface area contributed by atoms with E-state index in [4.69, 9.17) is 21.0 Å². The number of ether oxygens (including phenoxy) is 1. The second-order valence-corrected chi connectivity index (χ2v) is 7.13. The zero-order valence-electron chi connectivity index (χ0n) is 15.6. The molecule has 0 amide bonds. The van der Waals surface area contributed by atoms with Crippen LogP contribution in [0.5, 0.6) is 0 Å². The number of likely N-dealkylation sites (N-methyl/N-ethyl adjacent to an activating group) is 1. The normalized spacial score (nSPS) is 16.1. The third kappa shape index (κ3) is 5.48. The number of halogens is 2. The fraction of sp³-hybridized carbons (Fsp3) is 0.500. The van der Waals surface area contributed by atoms with Crippen LogP contribution in [0, 0.1) is 5.82 Å². The summed E-state index contributed by atoms with van der Waals surface area (Å²) in [6.45, 7) is 5.67. The molecule has 1 aliphatic heterocycles. The predicted molar refractivity (Wildman–Crippen MR) is 101 cm³/mol. The average molecular weight is 412 g/mol. The molecule has 1 aromatic heterocycles. The van der Waals surface area contributed by atoms with Gasteiger partial charge in [-0.3, -0.25) is 9.80 Å². The highest BCUT2D eigenvalue weighted by Gasteiger charge is 2.20. The molecule has 2 aromatic rings. The molecule has 8 nitrogen and oxygen atoms in total. The van der Waals surface area contributed by atoms with Crippen molar-refractivity contribution in [2.24, 2.45) is 5.16 Å². The summed E-state index contributed by atoms with van der Waals surface area (Å²) in [6.07, 6.45) is 0.217. The van der Waals surface area contributed by atoms with Crippen LogP contribution in [0.15, 0.2) is 28.0 Å². The predicted octanol–water partition coefficient (Wildman–Crippen LogP) is 2.05. The number of benzene rings is 1. The van der Waals surface area contributed by atoms with Gasteiger partial charge >= 0.3 is 0 Å². The van der Waals surface area contributed by atoms with E-state index in [0.29, 0.717) is 23.5 Å². The molecule has 1 fully saturated rings. The van der Waals surface area contributed by atoms with Crippen molar-refractivity contribution in [2.45, 2.75) is 13.0 Å². The highest BCUT2D eigenvalue weighted by Crippen LogP contribution is 2.18.